The van der Waals surface area contributed by atoms with Crippen LogP contribution in [-0.4, -0.2) is 111 Å². The summed E-state index contributed by atoms with van der Waals surface area (Å²) in [4.78, 5) is 31.2. The number of methoxy groups -OCH3 is 2. The van der Waals surface area contributed by atoms with E-state index in [9.17, 15) is 25.5 Å². The number of nitrogens with zero attached hydrogens (tertiary/aromatic N) is 13. The van der Waals surface area contributed by atoms with Crippen molar-refractivity contribution in [2.45, 2.75) is 105 Å². The zero-order chi connectivity index (χ0) is 92.0. The maximum absolute atomic E-state index is 10.1. The Morgan fingerprint density at radius 2 is 0.800 bits per heavy atom. The van der Waals surface area contributed by atoms with Crippen molar-refractivity contribution in [2.24, 2.45) is 0 Å². The smallest absolute Gasteiger partial charge is 0.226 e. The van der Waals surface area contributed by atoms with Crippen LogP contribution in [0.15, 0.2) is 277 Å². The monoisotopic (exact) mass is 1760 g/mol. The Morgan fingerprint density at radius 3 is 1.22 bits per heavy atom. The molecule has 1 aliphatic carbocycles. The maximum atomic E-state index is 10.1. The van der Waals surface area contributed by atoms with Gasteiger partial charge in [0.2, 0.25) is 17.6 Å². The van der Waals surface area contributed by atoms with Crippen LogP contribution in [-0.2, 0) is 33.0 Å². The van der Waals surface area contributed by atoms with Gasteiger partial charge in [0.1, 0.15) is 90.5 Å². The van der Waals surface area contributed by atoms with E-state index in [2.05, 4.69) is 115 Å². The summed E-state index contributed by atoms with van der Waals surface area (Å²) in [5, 5.41) is 63.1. The van der Waals surface area contributed by atoms with Gasteiger partial charge in [-0.2, -0.15) is 20.3 Å². The van der Waals surface area contributed by atoms with Crippen LogP contribution < -0.4 is 37.9 Å². The zero-order valence-corrected chi connectivity index (χ0v) is 74.1. The number of phenolic OH excluding ortho intramolecular Hbond substituents is 5. The quantitative estimate of drug-likeness (QED) is 0.0261. The first-order chi connectivity index (χ1) is 63.3. The first kappa shape index (κ1) is 93.3. The van der Waals surface area contributed by atoms with Crippen LogP contribution in [0, 0.1) is 0 Å². The van der Waals surface area contributed by atoms with E-state index in [0.29, 0.717) is 100 Å². The zero-order valence-electron chi connectivity index (χ0n) is 73.3. The molecule has 27 heteroatoms. The second-order valence-electron chi connectivity index (χ2n) is 29.6. The highest BCUT2D eigenvalue weighted by Crippen LogP contribution is 2.41. The fourth-order valence-corrected chi connectivity index (χ4v) is 14.1. The lowest BCUT2D eigenvalue weighted by molar-refractivity contribution is 0.290. The second-order valence-corrected chi connectivity index (χ2v) is 30.0. The molecule has 0 saturated heterocycles. The Morgan fingerprint density at radius 1 is 0.392 bits per heavy atom. The first-order valence-corrected chi connectivity index (χ1v) is 42.2. The molecule has 0 atom stereocenters. The van der Waals surface area contributed by atoms with E-state index in [-0.39, 0.29) is 65.7 Å². The molecular weight excluding hydrogens is 1660 g/mol. The molecule has 0 amide bonds. The number of benzene rings is 5. The average Bonchev–Trinajstić information content (AvgIpc) is 1.63. The molecular formula is C103H102ClN13O13. The Hall–Kier alpha value is -15.8. The van der Waals surface area contributed by atoms with Gasteiger partial charge in [0.05, 0.1) is 111 Å². The summed E-state index contributed by atoms with van der Waals surface area (Å²) in [7, 11) is 3.10. The van der Waals surface area contributed by atoms with Crippen LogP contribution in [0.5, 0.6) is 75.1 Å². The number of hydrogen-bond donors (Lipinski definition) is 5. The molecule has 0 radical (unpaired) electrons. The molecule has 10 heterocycles. The number of rotatable bonds is 32. The first-order valence-electron chi connectivity index (χ1n) is 41.9. The highest BCUT2D eigenvalue weighted by molar-refractivity contribution is 6.32. The van der Waals surface area contributed by atoms with Crippen molar-refractivity contribution in [1.29, 1.82) is 0 Å². The van der Waals surface area contributed by atoms with Crippen LogP contribution in [0.3, 0.4) is 0 Å². The van der Waals surface area contributed by atoms with E-state index < -0.39 is 0 Å². The van der Waals surface area contributed by atoms with Gasteiger partial charge in [0, 0.05) is 113 Å². The van der Waals surface area contributed by atoms with Crippen LogP contribution in [0.2, 0.25) is 5.02 Å². The van der Waals surface area contributed by atoms with Gasteiger partial charge in [-0.1, -0.05) is 123 Å². The molecule has 0 aliphatic heterocycles. The van der Waals surface area contributed by atoms with Gasteiger partial charge in [0.25, 0.3) is 0 Å². The molecule has 130 heavy (non-hydrogen) atoms. The van der Waals surface area contributed by atoms with Crippen molar-refractivity contribution in [3.63, 3.8) is 0 Å². The van der Waals surface area contributed by atoms with Crippen LogP contribution in [0.1, 0.15) is 128 Å². The second kappa shape index (κ2) is 45.9. The molecule has 26 nitrogen and oxygen atoms in total. The number of ether oxygens (including phenoxy) is 8. The van der Waals surface area contributed by atoms with Crippen LogP contribution in [0.4, 0.5) is 0 Å². The topological polar surface area (TPSA) is 319 Å². The summed E-state index contributed by atoms with van der Waals surface area (Å²) in [6.07, 6.45) is 27.3. The van der Waals surface area contributed by atoms with Gasteiger partial charge >= 0.3 is 0 Å². The molecule has 1 aliphatic rings. The predicted molar refractivity (Wildman–Crippen MR) is 507 cm³/mol. The largest absolute Gasteiger partial charge is 0.508 e. The van der Waals surface area contributed by atoms with E-state index in [1.165, 1.54) is 25.3 Å². The summed E-state index contributed by atoms with van der Waals surface area (Å²) < 4.78 is 51.8. The molecule has 1 fully saturated rings. The number of halogens is 1. The summed E-state index contributed by atoms with van der Waals surface area (Å²) >= 11 is 5.95. The summed E-state index contributed by atoms with van der Waals surface area (Å²) in [6, 6.07) is 57.1. The molecule has 5 aromatic carbocycles. The van der Waals surface area contributed by atoms with Gasteiger partial charge < -0.3 is 63.4 Å². The molecule has 5 N–H and O–H groups in total. The summed E-state index contributed by atoms with van der Waals surface area (Å²) in [5.74, 6) is 4.74. The number of pyridine rings is 7. The highest BCUT2D eigenvalue weighted by Gasteiger charge is 2.26. The van der Waals surface area contributed by atoms with Crippen molar-refractivity contribution in [1.82, 2.24) is 64.2 Å². The highest BCUT2D eigenvalue weighted by atomic mass is 35.5. The predicted octanol–water partition coefficient (Wildman–Crippen LogP) is 22.7. The molecule has 16 rings (SSSR count). The van der Waals surface area contributed by atoms with E-state index in [1.807, 2.05) is 126 Å². The lowest BCUT2D eigenvalue weighted by atomic mass is 9.93. The van der Waals surface area contributed by atoms with Gasteiger partial charge in [-0.15, -0.1) is 0 Å². The van der Waals surface area contributed by atoms with Crippen LogP contribution in [0.25, 0.3) is 87.1 Å². The molecule has 10 aromatic heterocycles. The minimum absolute atomic E-state index is 0.0385. The third-order valence-electron chi connectivity index (χ3n) is 20.6. The minimum atomic E-state index is -0.0385. The third-order valence-corrected chi connectivity index (χ3v) is 20.9. The normalized spacial score (nSPS) is 11.3. The molecule has 0 spiro atoms. The van der Waals surface area contributed by atoms with E-state index in [0.717, 1.165) is 84.4 Å². The van der Waals surface area contributed by atoms with Crippen molar-refractivity contribution < 1.29 is 63.4 Å². The van der Waals surface area contributed by atoms with Crippen LogP contribution >= 0.6 is 11.6 Å². The van der Waals surface area contributed by atoms with E-state index >= 15 is 0 Å². The van der Waals surface area contributed by atoms with Crippen molar-refractivity contribution in [3.05, 3.63) is 337 Å². The Bertz CT molecular complexity index is 6380. The Kier molecular flexibility index (Phi) is 32.9. The maximum Gasteiger partial charge on any atom is 0.226 e. The fraction of sp³-hybridized carbons (Fsp3) is 0.184. The van der Waals surface area contributed by atoms with Crippen molar-refractivity contribution in [2.75, 3.05) is 20.8 Å². The lowest BCUT2D eigenvalue weighted by Crippen LogP contribution is -2.19. The lowest BCUT2D eigenvalue weighted by Gasteiger charge is -2.27. The van der Waals surface area contributed by atoms with Crippen molar-refractivity contribution >= 4 is 42.0 Å². The number of aromatic nitrogens is 13. The standard InChI is InChI=1S/C21H21N3O2.C21H20N2O4.C21H20N2O3.C20H20ClN3O2.C20H21N3O2/c1-2-17-19(25)9-4-10-20(17)26-14-15-6-5-12-22-21(15)18-11-13-23-24(18)16-7-3-8-16;1-4-15-17(24)8-5-9-18(15)27-13-14-7-6-12-22-20(14)16-10-11-19(25-2)23-21(16)26-3;1-3-16-18(24)10-5-11-19(16)26-14-15-8-6-12-22-20(15)17-9-7-13-23-21(17)25-4-2;1-4-15-18(8-7-16(21)20(15)25)26-12-14-6-5-10-22-19(14)17-9-11-23-24(17)13(2)3;1-4-15-7-8-17(24)12-19(15)25-13-16-6-5-10-21-20(16)18-9-11-22-23(18)14(2)3/h2,4-6,9-13,16,25H,1,3,7-8,14H2;4-12,24H,1,13H2,2-3H3;3,5-13,24H,1,4,14H2,2H3;4-11,13,25H,1,12H2,2-3H3;4-12,14,24H,1,13H2,2-3H3. The number of hydrogen-bond acceptors (Lipinski definition) is 23. The van der Waals surface area contributed by atoms with E-state index in [1.54, 1.807) is 173 Å². The Labute approximate surface area is 760 Å². The van der Waals surface area contributed by atoms with E-state index in [4.69, 9.17) is 49.5 Å². The summed E-state index contributed by atoms with van der Waals surface area (Å²) in [5.41, 5.74) is 16.0. The molecule has 1 saturated carbocycles. The van der Waals surface area contributed by atoms with Gasteiger partial charge in [-0.05, 0) is 181 Å². The number of phenols is 5. The van der Waals surface area contributed by atoms with Gasteiger partial charge in [-0.25, -0.2) is 4.98 Å². The molecule has 0 bridgehead atoms. The van der Waals surface area contributed by atoms with Crippen molar-refractivity contribution in [3.8, 4) is 132 Å². The summed E-state index contributed by atoms with van der Waals surface area (Å²) in [6.45, 7) is 30.9. The molecule has 0 unspecified atom stereocenters. The molecule has 664 valence electrons. The van der Waals surface area contributed by atoms with Gasteiger partial charge in [-0.3, -0.25) is 39.0 Å². The third kappa shape index (κ3) is 23.1. The minimum Gasteiger partial charge on any atom is -0.508 e. The number of aromatic hydroxyl groups is 5. The fourth-order valence-electron chi connectivity index (χ4n) is 14.0. The van der Waals surface area contributed by atoms with Gasteiger partial charge in [0.15, 0.2) is 0 Å². The SMILES string of the molecule is C=Cc1c(O)cccc1OCc1cccnc1-c1ccc(OC)nc1OC.C=Cc1c(O)cccc1OCc1cccnc1-c1cccnc1OCC.C=Cc1c(O)cccc1OCc1cccnc1-c1ccnn1C1CCC1.C=Cc1c(OCc2cccnc2-c2ccnn2C(C)C)ccc(Cl)c1O.C=Cc1ccc(O)cc1OCc1cccnc1-c1ccnn1C(C)C. The Balaban J connectivity index is 0.000000147. The molecule has 15 aromatic rings. The average molecular weight is 1770 g/mol.